The molecular formula is C16H14N6OS. The lowest BCUT2D eigenvalue weighted by Gasteiger charge is -2.05. The molecule has 1 atom stereocenters. The first-order valence-corrected chi connectivity index (χ1v) is 8.81. The van der Waals surface area contributed by atoms with Gasteiger partial charge >= 0.3 is 0 Å². The smallest absolute Gasteiger partial charge is 0.155 e. The van der Waals surface area contributed by atoms with Gasteiger partial charge < -0.3 is 4.72 Å². The number of nitrogens with zero attached hydrogens (tertiary/aromatic N) is 3. The Morgan fingerprint density at radius 3 is 2.79 bits per heavy atom. The zero-order valence-corrected chi connectivity index (χ0v) is 13.6. The van der Waals surface area contributed by atoms with Crippen LogP contribution in [-0.2, 0) is 11.0 Å². The third-order valence-corrected chi connectivity index (χ3v) is 4.17. The maximum absolute atomic E-state index is 11.4. The zero-order valence-electron chi connectivity index (χ0n) is 12.8. The number of H-pyrrole nitrogens is 2. The molecule has 8 heteroatoms. The van der Waals surface area contributed by atoms with Crippen LogP contribution in [0.3, 0.4) is 0 Å². The summed E-state index contributed by atoms with van der Waals surface area (Å²) in [6.45, 7) is 0. The first kappa shape index (κ1) is 14.6. The van der Waals surface area contributed by atoms with E-state index in [2.05, 4.69) is 30.1 Å². The van der Waals surface area contributed by atoms with E-state index in [1.807, 2.05) is 42.5 Å². The van der Waals surface area contributed by atoms with Crippen molar-refractivity contribution in [1.29, 1.82) is 0 Å². The molecule has 0 bridgehead atoms. The summed E-state index contributed by atoms with van der Waals surface area (Å²) in [6.07, 6.45) is 3.08. The van der Waals surface area contributed by atoms with E-state index >= 15 is 0 Å². The normalized spacial score (nSPS) is 12.4. The van der Waals surface area contributed by atoms with Gasteiger partial charge in [0, 0.05) is 28.5 Å². The molecule has 0 fully saturated rings. The summed E-state index contributed by atoms with van der Waals surface area (Å²) in [6, 6.07) is 13.6. The van der Waals surface area contributed by atoms with E-state index in [0.29, 0.717) is 5.82 Å². The summed E-state index contributed by atoms with van der Waals surface area (Å²) in [4.78, 5) is 4.19. The van der Waals surface area contributed by atoms with Gasteiger partial charge in [-0.1, -0.05) is 12.1 Å². The third kappa shape index (κ3) is 2.67. The van der Waals surface area contributed by atoms with Gasteiger partial charge in [-0.05, 0) is 30.3 Å². The van der Waals surface area contributed by atoms with Crippen molar-refractivity contribution in [2.75, 3.05) is 11.0 Å². The predicted octanol–water partition coefficient (Wildman–Crippen LogP) is 2.72. The van der Waals surface area contributed by atoms with E-state index in [0.717, 1.165) is 33.4 Å². The Morgan fingerprint density at radius 2 is 2.00 bits per heavy atom. The van der Waals surface area contributed by atoms with Gasteiger partial charge in [0.2, 0.25) is 0 Å². The Morgan fingerprint density at radius 1 is 1.08 bits per heavy atom. The quantitative estimate of drug-likeness (QED) is 0.533. The Balaban J connectivity index is 1.82. The Labute approximate surface area is 140 Å². The van der Waals surface area contributed by atoms with Gasteiger partial charge in [0.1, 0.15) is 17.3 Å². The zero-order chi connectivity index (χ0) is 16.5. The van der Waals surface area contributed by atoms with Crippen LogP contribution in [0.25, 0.3) is 33.5 Å². The molecule has 0 amide bonds. The lowest BCUT2D eigenvalue weighted by Crippen LogP contribution is -2.00. The molecule has 4 aromatic rings. The molecule has 0 aliphatic heterocycles. The fourth-order valence-electron chi connectivity index (χ4n) is 2.62. The molecule has 0 aliphatic rings. The van der Waals surface area contributed by atoms with Crippen molar-refractivity contribution in [3.8, 4) is 22.6 Å². The molecule has 24 heavy (non-hydrogen) atoms. The van der Waals surface area contributed by atoms with Crippen LogP contribution >= 0.6 is 0 Å². The number of hydrogen-bond donors (Lipinski definition) is 3. The van der Waals surface area contributed by atoms with Crippen molar-refractivity contribution in [3.63, 3.8) is 0 Å². The van der Waals surface area contributed by atoms with Crippen LogP contribution in [0.15, 0.2) is 48.8 Å². The molecule has 0 spiro atoms. The number of nitrogens with one attached hydrogen (secondary N) is 3. The summed E-state index contributed by atoms with van der Waals surface area (Å²) in [7, 11) is -1.12. The second kappa shape index (κ2) is 5.89. The minimum absolute atomic E-state index is 0.709. The van der Waals surface area contributed by atoms with Crippen molar-refractivity contribution < 1.29 is 4.21 Å². The fourth-order valence-corrected chi connectivity index (χ4v) is 3.08. The highest BCUT2D eigenvalue weighted by Crippen LogP contribution is 2.30. The second-order valence-corrected chi connectivity index (χ2v) is 6.42. The van der Waals surface area contributed by atoms with E-state index in [4.69, 9.17) is 0 Å². The van der Waals surface area contributed by atoms with Gasteiger partial charge in [-0.3, -0.25) is 10.2 Å². The molecule has 4 rings (SSSR count). The molecule has 7 nitrogen and oxygen atoms in total. The molecule has 2 aromatic heterocycles. The monoisotopic (exact) mass is 338 g/mol. The van der Waals surface area contributed by atoms with E-state index in [1.54, 1.807) is 6.26 Å². The number of benzene rings is 2. The van der Waals surface area contributed by atoms with E-state index in [9.17, 15) is 4.21 Å². The maximum Gasteiger partial charge on any atom is 0.155 e. The first-order chi connectivity index (χ1) is 11.7. The maximum atomic E-state index is 11.4. The Bertz CT molecular complexity index is 1020. The highest BCUT2D eigenvalue weighted by molar-refractivity contribution is 7.85. The standard InChI is InChI=1S/C16H14N6OS/c1-24(23)22-12-4-2-3-10(7-12)15-13-8-11(16-17-9-18-21-16)5-6-14(13)19-20-15/h2-9,22H,1H3,(H,19,20)(H,17,18,21). The van der Waals surface area contributed by atoms with Crippen molar-refractivity contribution in [2.24, 2.45) is 0 Å². The lowest BCUT2D eigenvalue weighted by molar-refractivity contribution is 0.690. The molecule has 2 aromatic carbocycles. The van der Waals surface area contributed by atoms with Gasteiger partial charge in [-0.25, -0.2) is 9.19 Å². The summed E-state index contributed by atoms with van der Waals surface area (Å²) in [5.74, 6) is 0.709. The van der Waals surface area contributed by atoms with Crippen LogP contribution in [0, 0.1) is 0 Å². The molecule has 120 valence electrons. The van der Waals surface area contributed by atoms with Crippen LogP contribution in [0.5, 0.6) is 0 Å². The summed E-state index contributed by atoms with van der Waals surface area (Å²) in [5, 5.41) is 15.2. The van der Waals surface area contributed by atoms with Crippen molar-refractivity contribution >= 4 is 27.6 Å². The summed E-state index contributed by atoms with van der Waals surface area (Å²) >= 11 is 0. The fraction of sp³-hybridized carbons (Fsp3) is 0.0625. The number of hydrogen-bond acceptors (Lipinski definition) is 4. The largest absolute Gasteiger partial charge is 0.305 e. The number of anilines is 1. The molecular weight excluding hydrogens is 324 g/mol. The number of rotatable bonds is 4. The summed E-state index contributed by atoms with van der Waals surface area (Å²) in [5.41, 5.74) is 4.43. The minimum atomic E-state index is -1.12. The van der Waals surface area contributed by atoms with Gasteiger partial charge in [-0.15, -0.1) is 0 Å². The highest BCUT2D eigenvalue weighted by Gasteiger charge is 2.11. The molecule has 0 saturated heterocycles. The van der Waals surface area contributed by atoms with Crippen LogP contribution in [0.2, 0.25) is 0 Å². The SMILES string of the molecule is CS(=O)Nc1cccc(-c2n[nH]c3ccc(-c4ncn[nH]4)cc23)c1. The number of aromatic amines is 2. The predicted molar refractivity (Wildman–Crippen MR) is 94.6 cm³/mol. The Kier molecular flexibility index (Phi) is 3.58. The average molecular weight is 338 g/mol. The molecule has 3 N–H and O–H groups in total. The molecule has 0 aliphatic carbocycles. The van der Waals surface area contributed by atoms with Gasteiger partial charge in [0.05, 0.1) is 11.2 Å². The topological polar surface area (TPSA) is 99.3 Å². The van der Waals surface area contributed by atoms with Gasteiger partial charge in [0.25, 0.3) is 0 Å². The molecule has 0 radical (unpaired) electrons. The third-order valence-electron chi connectivity index (χ3n) is 3.65. The van der Waals surface area contributed by atoms with Crippen LogP contribution in [0.1, 0.15) is 0 Å². The lowest BCUT2D eigenvalue weighted by atomic mass is 10.0. The molecule has 1 unspecified atom stereocenters. The second-order valence-electron chi connectivity index (χ2n) is 5.30. The highest BCUT2D eigenvalue weighted by atomic mass is 32.2. The molecule has 0 saturated carbocycles. The van der Waals surface area contributed by atoms with Crippen molar-refractivity contribution in [3.05, 3.63) is 48.8 Å². The average Bonchev–Trinajstić information content (AvgIpc) is 3.23. The Hall–Kier alpha value is -3.00. The van der Waals surface area contributed by atoms with Crippen molar-refractivity contribution in [2.45, 2.75) is 0 Å². The number of fused-ring (bicyclic) bond motifs is 1. The van der Waals surface area contributed by atoms with Crippen LogP contribution in [0.4, 0.5) is 5.69 Å². The molecule has 2 heterocycles. The van der Waals surface area contributed by atoms with Crippen molar-refractivity contribution in [1.82, 2.24) is 25.4 Å². The van der Waals surface area contributed by atoms with Crippen LogP contribution in [-0.4, -0.2) is 35.8 Å². The first-order valence-electron chi connectivity index (χ1n) is 7.25. The minimum Gasteiger partial charge on any atom is -0.305 e. The van der Waals surface area contributed by atoms with E-state index in [-0.39, 0.29) is 0 Å². The summed E-state index contributed by atoms with van der Waals surface area (Å²) < 4.78 is 14.3. The van der Waals surface area contributed by atoms with Gasteiger partial charge in [0.15, 0.2) is 5.82 Å². The van der Waals surface area contributed by atoms with E-state index in [1.165, 1.54) is 6.33 Å². The van der Waals surface area contributed by atoms with E-state index < -0.39 is 11.0 Å². The van der Waals surface area contributed by atoms with Gasteiger partial charge in [-0.2, -0.15) is 10.2 Å². The number of aromatic nitrogens is 5. The van der Waals surface area contributed by atoms with Crippen LogP contribution < -0.4 is 4.72 Å².